The minimum Gasteiger partial charge on any atom is -0.493 e. The molecule has 2 aromatic rings. The zero-order valence-corrected chi connectivity index (χ0v) is 24.3. The molecule has 2 fully saturated rings. The fourth-order valence-corrected chi connectivity index (χ4v) is 5.59. The monoisotopic (exact) mass is 616 g/mol. The van der Waals surface area contributed by atoms with E-state index in [2.05, 4.69) is 21.9 Å². The molecule has 2 aliphatic heterocycles. The fourth-order valence-electron chi connectivity index (χ4n) is 4.51. The van der Waals surface area contributed by atoms with Crippen LogP contribution in [-0.4, -0.2) is 90.0 Å². The van der Waals surface area contributed by atoms with Crippen molar-refractivity contribution < 1.29 is 45.8 Å². The zero-order valence-electron chi connectivity index (χ0n) is 23.5. The number of likely N-dealkylation sites (tertiary alicyclic amines) is 1. The lowest BCUT2D eigenvalue weighted by atomic mass is 9.98. The number of methoxy groups -OCH3 is 2. The van der Waals surface area contributed by atoms with E-state index in [4.69, 9.17) is 19.4 Å². The first-order chi connectivity index (χ1) is 19.8. The molecule has 0 aliphatic carbocycles. The molecular formula is C27H35F3N4O7S. The lowest BCUT2D eigenvalue weighted by Crippen LogP contribution is -2.44. The molecule has 2 saturated heterocycles. The molecule has 0 radical (unpaired) electrons. The summed E-state index contributed by atoms with van der Waals surface area (Å²) in [5.74, 6) is -1.46. The highest BCUT2D eigenvalue weighted by atomic mass is 32.2. The third-order valence-electron chi connectivity index (χ3n) is 6.92. The van der Waals surface area contributed by atoms with Crippen molar-refractivity contribution in [2.24, 2.45) is 5.92 Å². The number of hydrogen-bond acceptors (Lipinski definition) is 8. The molecule has 2 aliphatic rings. The van der Waals surface area contributed by atoms with Gasteiger partial charge in [-0.2, -0.15) is 13.2 Å². The van der Waals surface area contributed by atoms with Crippen molar-refractivity contribution in [1.29, 1.82) is 0 Å². The van der Waals surface area contributed by atoms with Crippen molar-refractivity contribution >= 4 is 33.3 Å². The predicted molar refractivity (Wildman–Crippen MR) is 150 cm³/mol. The van der Waals surface area contributed by atoms with E-state index in [0.29, 0.717) is 41.8 Å². The van der Waals surface area contributed by atoms with Gasteiger partial charge in [0.1, 0.15) is 0 Å². The van der Waals surface area contributed by atoms with E-state index in [-0.39, 0.29) is 10.8 Å². The van der Waals surface area contributed by atoms with Gasteiger partial charge in [0.25, 0.3) is 15.9 Å². The van der Waals surface area contributed by atoms with Crippen LogP contribution in [0.3, 0.4) is 0 Å². The molecule has 0 saturated carbocycles. The second-order valence-electron chi connectivity index (χ2n) is 9.87. The van der Waals surface area contributed by atoms with E-state index in [1.807, 2.05) is 11.0 Å². The van der Waals surface area contributed by atoms with Crippen molar-refractivity contribution in [2.45, 2.75) is 30.8 Å². The van der Waals surface area contributed by atoms with Gasteiger partial charge in [0, 0.05) is 50.9 Å². The molecule has 11 nitrogen and oxygen atoms in total. The first-order valence-electron chi connectivity index (χ1n) is 13.2. The summed E-state index contributed by atoms with van der Waals surface area (Å²) in [6.45, 7) is 6.71. The standard InChI is InChI=1S/C25H34N4O5S.C2HF3O2/c1-18-8-12-29(13-9-18)25(30)19-4-6-22(28-14-10-26-11-15-28)21(16-19)27-35(31,32)20-5-7-23(33-2)24(17-20)34-3;3-2(4,5)1(6)7/h4-7,16-18,26-27H,8-15H2,1-3H3;(H,6,7). The maximum absolute atomic E-state index is 13.4. The van der Waals surface area contributed by atoms with Crippen LogP contribution in [0.15, 0.2) is 41.3 Å². The number of hydrogen-bond donors (Lipinski definition) is 3. The van der Waals surface area contributed by atoms with E-state index < -0.39 is 22.2 Å². The average Bonchev–Trinajstić information content (AvgIpc) is 2.96. The molecule has 1 amide bonds. The number of sulfonamides is 1. The first kappa shape index (κ1) is 32.8. The Balaban J connectivity index is 0.000000616. The van der Waals surface area contributed by atoms with Crippen LogP contribution in [0.5, 0.6) is 11.5 Å². The van der Waals surface area contributed by atoms with Gasteiger partial charge >= 0.3 is 12.1 Å². The molecule has 3 N–H and O–H groups in total. The Morgan fingerprint density at radius 1 is 0.976 bits per heavy atom. The van der Waals surface area contributed by atoms with E-state index in [9.17, 15) is 26.4 Å². The van der Waals surface area contributed by atoms with Crippen LogP contribution < -0.4 is 24.4 Å². The van der Waals surface area contributed by atoms with E-state index >= 15 is 0 Å². The molecule has 0 aromatic heterocycles. The number of ether oxygens (including phenoxy) is 2. The molecule has 2 aromatic carbocycles. The number of carboxylic acids is 1. The number of piperazine rings is 1. The van der Waals surface area contributed by atoms with Gasteiger partial charge in [-0.1, -0.05) is 6.92 Å². The van der Waals surface area contributed by atoms with Crippen LogP contribution in [-0.2, 0) is 14.8 Å². The summed E-state index contributed by atoms with van der Waals surface area (Å²) < 4.78 is 71.8. The Morgan fingerprint density at radius 2 is 1.57 bits per heavy atom. The highest BCUT2D eigenvalue weighted by Crippen LogP contribution is 2.33. The number of piperidine rings is 1. The number of benzene rings is 2. The van der Waals surface area contributed by atoms with Crippen LogP contribution in [0.1, 0.15) is 30.1 Å². The molecule has 0 bridgehead atoms. The molecule has 15 heteroatoms. The van der Waals surface area contributed by atoms with Crippen LogP contribution in [0, 0.1) is 5.92 Å². The van der Waals surface area contributed by atoms with Crippen molar-refractivity contribution in [1.82, 2.24) is 10.2 Å². The maximum Gasteiger partial charge on any atom is 0.490 e. The third kappa shape index (κ3) is 8.41. The third-order valence-corrected chi connectivity index (χ3v) is 8.29. The second kappa shape index (κ2) is 14.0. The SMILES string of the molecule is COc1ccc(S(=O)(=O)Nc2cc(C(=O)N3CCC(C)CC3)ccc2N2CCNCC2)cc1OC.O=C(O)C(F)(F)F. The number of alkyl halides is 3. The minimum absolute atomic E-state index is 0.0446. The molecular weight excluding hydrogens is 581 g/mol. The number of amides is 1. The number of aliphatic carboxylic acids is 1. The topological polar surface area (TPSA) is 138 Å². The Kier molecular flexibility index (Phi) is 10.9. The van der Waals surface area contributed by atoms with Crippen molar-refractivity contribution in [3.05, 3.63) is 42.0 Å². The number of nitrogens with one attached hydrogen (secondary N) is 2. The molecule has 0 spiro atoms. The van der Waals surface area contributed by atoms with Gasteiger partial charge in [-0.3, -0.25) is 9.52 Å². The van der Waals surface area contributed by atoms with Gasteiger partial charge in [-0.25, -0.2) is 13.2 Å². The molecule has 4 rings (SSSR count). The molecule has 232 valence electrons. The number of anilines is 2. The lowest BCUT2D eigenvalue weighted by molar-refractivity contribution is -0.192. The molecule has 42 heavy (non-hydrogen) atoms. The first-order valence-corrected chi connectivity index (χ1v) is 14.7. The zero-order chi connectivity index (χ0) is 31.1. The van der Waals surface area contributed by atoms with Crippen LogP contribution in [0.25, 0.3) is 0 Å². The van der Waals surface area contributed by atoms with Crippen LogP contribution in [0.2, 0.25) is 0 Å². The molecule has 0 unspecified atom stereocenters. The molecule has 2 heterocycles. The summed E-state index contributed by atoms with van der Waals surface area (Å²) in [7, 11) is -1.00. The van der Waals surface area contributed by atoms with Gasteiger partial charge in [-0.15, -0.1) is 0 Å². The summed E-state index contributed by atoms with van der Waals surface area (Å²) in [4.78, 5) is 26.1. The normalized spacial score (nSPS) is 16.2. The number of carboxylic acid groups (broad SMARTS) is 1. The van der Waals surface area contributed by atoms with Crippen LogP contribution >= 0.6 is 0 Å². The van der Waals surface area contributed by atoms with Crippen molar-refractivity contribution in [3.63, 3.8) is 0 Å². The van der Waals surface area contributed by atoms with E-state index in [1.165, 1.54) is 26.4 Å². The highest BCUT2D eigenvalue weighted by Gasteiger charge is 2.38. The van der Waals surface area contributed by atoms with Crippen molar-refractivity contribution in [3.8, 4) is 11.5 Å². The number of halogens is 3. The summed E-state index contributed by atoms with van der Waals surface area (Å²) in [6, 6.07) is 9.76. The molecule has 0 atom stereocenters. The Labute approximate surface area is 242 Å². The summed E-state index contributed by atoms with van der Waals surface area (Å²) in [5, 5.41) is 10.4. The Hall–Kier alpha value is -3.72. The number of carbonyl (C=O) groups is 2. The Bertz CT molecular complexity index is 1360. The largest absolute Gasteiger partial charge is 0.493 e. The number of carbonyl (C=O) groups excluding carboxylic acids is 1. The van der Waals surface area contributed by atoms with Crippen LogP contribution in [0.4, 0.5) is 24.5 Å². The van der Waals surface area contributed by atoms with Crippen molar-refractivity contribution in [2.75, 3.05) is 63.1 Å². The summed E-state index contributed by atoms with van der Waals surface area (Å²) in [5.41, 5.74) is 1.61. The number of rotatable bonds is 7. The second-order valence-corrected chi connectivity index (χ2v) is 11.6. The van der Waals surface area contributed by atoms with Gasteiger partial charge in [0.05, 0.1) is 30.5 Å². The van der Waals surface area contributed by atoms with Gasteiger partial charge in [0.15, 0.2) is 11.5 Å². The lowest BCUT2D eigenvalue weighted by Gasteiger charge is -2.32. The Morgan fingerprint density at radius 3 is 2.12 bits per heavy atom. The summed E-state index contributed by atoms with van der Waals surface area (Å²) in [6.07, 6.45) is -3.13. The van der Waals surface area contributed by atoms with Gasteiger partial charge in [0.2, 0.25) is 0 Å². The quantitative estimate of drug-likeness (QED) is 0.427. The maximum atomic E-state index is 13.4. The van der Waals surface area contributed by atoms with E-state index in [0.717, 1.165) is 44.7 Å². The minimum atomic E-state index is -5.08. The average molecular weight is 617 g/mol. The van der Waals surface area contributed by atoms with Gasteiger partial charge < -0.3 is 29.7 Å². The fraction of sp³-hybridized carbons (Fsp3) is 0.481. The summed E-state index contributed by atoms with van der Waals surface area (Å²) >= 11 is 0. The van der Waals surface area contributed by atoms with E-state index in [1.54, 1.807) is 18.2 Å². The smallest absolute Gasteiger partial charge is 0.490 e. The number of nitrogens with zero attached hydrogens (tertiary/aromatic N) is 2. The predicted octanol–water partition coefficient (Wildman–Crippen LogP) is 3.42. The highest BCUT2D eigenvalue weighted by molar-refractivity contribution is 7.92. The van der Waals surface area contributed by atoms with Gasteiger partial charge in [-0.05, 0) is 49.1 Å².